The van der Waals surface area contributed by atoms with E-state index in [0.29, 0.717) is 12.8 Å². The first-order chi connectivity index (χ1) is 28.0. The zero-order chi connectivity index (χ0) is 42.7. The van der Waals surface area contributed by atoms with Crippen LogP contribution in [0.25, 0.3) is 0 Å². The Balaban J connectivity index is 2.49. The number of hydrogen-bond donors (Lipinski definition) is 4. The van der Waals surface area contributed by atoms with Crippen molar-refractivity contribution in [3.63, 3.8) is 0 Å². The second-order valence-electron chi connectivity index (χ2n) is 15.7. The van der Waals surface area contributed by atoms with E-state index in [-0.39, 0.29) is 19.4 Å². The van der Waals surface area contributed by atoms with E-state index in [1.54, 1.807) is 0 Å². The highest BCUT2D eigenvalue weighted by atomic mass is 32.2. The minimum Gasteiger partial charge on any atom is -0.462 e. The van der Waals surface area contributed by atoms with Crippen LogP contribution in [0, 0.1) is 0 Å². The molecule has 1 saturated heterocycles. The van der Waals surface area contributed by atoms with Crippen LogP contribution in [0.4, 0.5) is 0 Å². The van der Waals surface area contributed by atoms with Crippen molar-refractivity contribution in [3.05, 3.63) is 36.5 Å². The molecule has 338 valence electrons. The number of unbranched alkanes of at least 4 members (excludes halogenated alkanes) is 19. The van der Waals surface area contributed by atoms with Crippen LogP contribution in [-0.2, 0) is 38.7 Å². The molecule has 1 aliphatic heterocycles. The molecule has 1 aliphatic rings. The van der Waals surface area contributed by atoms with E-state index in [1.165, 1.54) is 77.0 Å². The van der Waals surface area contributed by atoms with Crippen LogP contribution in [0.1, 0.15) is 181 Å². The minimum atomic E-state index is -4.61. The largest absolute Gasteiger partial charge is 0.462 e. The molecular weight excluding hydrogens is 765 g/mol. The molecule has 6 atom stereocenters. The van der Waals surface area contributed by atoms with Gasteiger partial charge in [-0.05, 0) is 70.6 Å². The molecule has 1 heterocycles. The molecule has 12 nitrogen and oxygen atoms in total. The second kappa shape index (κ2) is 35.6. The Morgan fingerprint density at radius 1 is 0.586 bits per heavy atom. The van der Waals surface area contributed by atoms with Crippen LogP contribution in [0.3, 0.4) is 0 Å². The first-order valence-electron chi connectivity index (χ1n) is 22.5. The normalized spacial score (nSPS) is 20.7. The van der Waals surface area contributed by atoms with E-state index in [2.05, 4.69) is 50.3 Å². The molecule has 0 aromatic rings. The molecule has 1 rings (SSSR count). The van der Waals surface area contributed by atoms with Crippen molar-refractivity contribution in [1.29, 1.82) is 0 Å². The maximum atomic E-state index is 12.8. The van der Waals surface area contributed by atoms with Crippen molar-refractivity contribution in [2.24, 2.45) is 0 Å². The first-order valence-corrected chi connectivity index (χ1v) is 24.2. The summed E-state index contributed by atoms with van der Waals surface area (Å²) in [6.45, 7) is 3.71. The minimum absolute atomic E-state index is 0.120. The van der Waals surface area contributed by atoms with Crippen LogP contribution in [0.5, 0.6) is 0 Å². The number of carbonyl (C=O) groups is 2. The SMILES string of the molecule is CCCCCCCC/C=C/C/C=C/CCCCC(=O)O[C@H](COC(=O)CCCCCCC/C=C/CCCCCCCC)CO[C@H]1O[C@H](CS(=O)(=O)O)[C@@H](O)C(O)C1O. The highest BCUT2D eigenvalue weighted by Gasteiger charge is 2.46. The second-order valence-corrected chi connectivity index (χ2v) is 17.2. The topological polar surface area (TPSA) is 186 Å². The van der Waals surface area contributed by atoms with Crippen LogP contribution in [0.2, 0.25) is 0 Å². The van der Waals surface area contributed by atoms with Gasteiger partial charge in [-0.1, -0.05) is 134 Å². The fourth-order valence-electron chi connectivity index (χ4n) is 6.64. The van der Waals surface area contributed by atoms with Gasteiger partial charge in [0.05, 0.1) is 6.61 Å². The third-order valence-corrected chi connectivity index (χ3v) is 10.9. The molecule has 1 fully saturated rings. The van der Waals surface area contributed by atoms with Crippen molar-refractivity contribution in [2.45, 2.75) is 218 Å². The molecule has 0 radical (unpaired) electrons. The highest BCUT2D eigenvalue weighted by molar-refractivity contribution is 7.85. The van der Waals surface area contributed by atoms with Crippen molar-refractivity contribution in [2.75, 3.05) is 19.0 Å². The number of ether oxygens (including phenoxy) is 4. The number of aliphatic hydroxyl groups is 3. The summed E-state index contributed by atoms with van der Waals surface area (Å²) >= 11 is 0. The van der Waals surface area contributed by atoms with Crippen molar-refractivity contribution >= 4 is 22.1 Å². The van der Waals surface area contributed by atoms with Crippen molar-refractivity contribution in [1.82, 2.24) is 0 Å². The van der Waals surface area contributed by atoms with Gasteiger partial charge >= 0.3 is 11.9 Å². The molecule has 0 spiro atoms. The van der Waals surface area contributed by atoms with E-state index < -0.39 is 71.2 Å². The Kier molecular flexibility index (Phi) is 33.1. The Labute approximate surface area is 351 Å². The zero-order valence-electron chi connectivity index (χ0n) is 35.9. The fourth-order valence-corrected chi connectivity index (χ4v) is 7.33. The molecule has 0 aliphatic carbocycles. The van der Waals surface area contributed by atoms with Gasteiger partial charge in [0, 0.05) is 12.8 Å². The zero-order valence-corrected chi connectivity index (χ0v) is 36.7. The summed E-state index contributed by atoms with van der Waals surface area (Å²) < 4.78 is 54.0. The quantitative estimate of drug-likeness (QED) is 0.0202. The van der Waals surface area contributed by atoms with E-state index in [9.17, 15) is 37.9 Å². The Hall–Kier alpha value is -2.13. The van der Waals surface area contributed by atoms with E-state index in [0.717, 1.165) is 64.2 Å². The van der Waals surface area contributed by atoms with Gasteiger partial charge in [0.1, 0.15) is 36.8 Å². The number of allylic oxidation sites excluding steroid dienone is 6. The lowest BCUT2D eigenvalue weighted by Gasteiger charge is -2.40. The van der Waals surface area contributed by atoms with Crippen LogP contribution in [0.15, 0.2) is 36.5 Å². The molecule has 0 aromatic heterocycles. The molecule has 0 bridgehead atoms. The lowest BCUT2D eigenvalue weighted by Crippen LogP contribution is -2.60. The summed E-state index contributed by atoms with van der Waals surface area (Å²) in [5.41, 5.74) is 0. The van der Waals surface area contributed by atoms with Gasteiger partial charge in [-0.15, -0.1) is 0 Å². The average Bonchev–Trinajstić information content (AvgIpc) is 3.18. The number of carbonyl (C=O) groups excluding carboxylic acids is 2. The van der Waals surface area contributed by atoms with Gasteiger partial charge in [0.25, 0.3) is 10.1 Å². The molecular formula is C45H80O12S. The monoisotopic (exact) mass is 845 g/mol. The van der Waals surface area contributed by atoms with Gasteiger partial charge < -0.3 is 34.3 Å². The Bertz CT molecular complexity index is 1220. The molecule has 0 aromatic carbocycles. The number of aliphatic hydroxyl groups excluding tert-OH is 3. The molecule has 0 saturated carbocycles. The Morgan fingerprint density at radius 2 is 1.03 bits per heavy atom. The summed E-state index contributed by atoms with van der Waals surface area (Å²) in [7, 11) is -4.61. The predicted molar refractivity (Wildman–Crippen MR) is 229 cm³/mol. The summed E-state index contributed by atoms with van der Waals surface area (Å²) in [6.07, 6.45) is 30.5. The molecule has 4 N–H and O–H groups in total. The van der Waals surface area contributed by atoms with E-state index in [4.69, 9.17) is 18.9 Å². The maximum absolute atomic E-state index is 12.8. The smallest absolute Gasteiger partial charge is 0.306 e. The van der Waals surface area contributed by atoms with Gasteiger partial charge in [0.2, 0.25) is 0 Å². The van der Waals surface area contributed by atoms with Gasteiger partial charge in [-0.25, -0.2) is 0 Å². The third kappa shape index (κ3) is 30.0. The third-order valence-electron chi connectivity index (χ3n) is 10.2. The van der Waals surface area contributed by atoms with Crippen LogP contribution < -0.4 is 0 Å². The van der Waals surface area contributed by atoms with Crippen LogP contribution >= 0.6 is 0 Å². The van der Waals surface area contributed by atoms with Crippen molar-refractivity contribution in [3.8, 4) is 0 Å². The Morgan fingerprint density at radius 3 is 1.57 bits per heavy atom. The maximum Gasteiger partial charge on any atom is 0.306 e. The van der Waals surface area contributed by atoms with Gasteiger partial charge in [0.15, 0.2) is 12.4 Å². The first kappa shape index (κ1) is 53.9. The van der Waals surface area contributed by atoms with Crippen molar-refractivity contribution < 1.29 is 56.8 Å². The molecule has 58 heavy (non-hydrogen) atoms. The number of hydrogen-bond acceptors (Lipinski definition) is 11. The lowest BCUT2D eigenvalue weighted by molar-refractivity contribution is -0.297. The molecule has 13 heteroatoms. The average molecular weight is 845 g/mol. The molecule has 0 amide bonds. The standard InChI is InChI=1S/C45H80O12S/c1-3-5-7-9-11-13-15-17-19-21-23-25-27-29-31-33-40(46)54-35-38(36-55-45-44(50)43(49)42(48)39(57-45)37-58(51,52)53)56-41(47)34-32-30-28-26-24-22-20-18-16-14-12-10-8-6-4-2/h17-20,24,26,38-39,42-45,48-50H,3-16,21-23,25,27-37H2,1-2H3,(H,51,52,53)/b19-17+,20-18+,26-24+/t38-,39-,42-,43?,44?,45+/m1/s1. The lowest BCUT2D eigenvalue weighted by atomic mass is 10.00. The molecule has 2 unspecified atom stereocenters. The predicted octanol–water partition coefficient (Wildman–Crippen LogP) is 9.00. The number of rotatable bonds is 37. The van der Waals surface area contributed by atoms with E-state index >= 15 is 0 Å². The van der Waals surface area contributed by atoms with Gasteiger partial charge in [-0.3, -0.25) is 14.1 Å². The summed E-state index contributed by atoms with van der Waals surface area (Å²) in [5, 5.41) is 30.9. The van der Waals surface area contributed by atoms with E-state index in [1.807, 2.05) is 0 Å². The van der Waals surface area contributed by atoms with Crippen LogP contribution in [-0.4, -0.2) is 96.0 Å². The number of esters is 2. The van der Waals surface area contributed by atoms with Gasteiger partial charge in [-0.2, -0.15) is 8.42 Å². The fraction of sp³-hybridized carbons (Fsp3) is 0.822. The summed E-state index contributed by atoms with van der Waals surface area (Å²) in [4.78, 5) is 25.4. The highest BCUT2D eigenvalue weighted by Crippen LogP contribution is 2.24. The summed E-state index contributed by atoms with van der Waals surface area (Å²) in [5.74, 6) is -2.04. The summed E-state index contributed by atoms with van der Waals surface area (Å²) in [6, 6.07) is 0.